The van der Waals surface area contributed by atoms with Crippen LogP contribution in [0.15, 0.2) is 6.20 Å². The SMILES string of the molecule is Cc1cnc(OCC(O)CNC(C)C)c(N2CCOCC2)n1. The minimum Gasteiger partial charge on any atom is -0.472 e. The Balaban J connectivity index is 1.97. The molecule has 0 aliphatic carbocycles. The fourth-order valence-electron chi connectivity index (χ4n) is 2.14. The number of morpholine rings is 1. The van der Waals surface area contributed by atoms with Crippen molar-refractivity contribution in [3.63, 3.8) is 0 Å². The molecule has 1 saturated heterocycles. The van der Waals surface area contributed by atoms with Crippen molar-refractivity contribution in [1.29, 1.82) is 0 Å². The van der Waals surface area contributed by atoms with Crippen molar-refractivity contribution in [1.82, 2.24) is 15.3 Å². The summed E-state index contributed by atoms with van der Waals surface area (Å²) in [5, 5.41) is 13.1. The summed E-state index contributed by atoms with van der Waals surface area (Å²) in [7, 11) is 0. The van der Waals surface area contributed by atoms with E-state index in [0.717, 1.165) is 24.6 Å². The Morgan fingerprint density at radius 2 is 2.14 bits per heavy atom. The number of aryl methyl sites for hydroxylation is 1. The van der Waals surface area contributed by atoms with Crippen LogP contribution < -0.4 is 15.0 Å². The van der Waals surface area contributed by atoms with E-state index in [2.05, 4.69) is 20.2 Å². The summed E-state index contributed by atoms with van der Waals surface area (Å²) in [6.07, 6.45) is 1.10. The van der Waals surface area contributed by atoms with Gasteiger partial charge < -0.3 is 24.8 Å². The third-order valence-corrected chi connectivity index (χ3v) is 3.33. The van der Waals surface area contributed by atoms with Gasteiger partial charge in [0.05, 0.1) is 25.1 Å². The number of rotatable bonds is 7. The fraction of sp³-hybridized carbons (Fsp3) is 0.733. The average molecular weight is 310 g/mol. The molecule has 0 bridgehead atoms. The first-order valence-corrected chi connectivity index (χ1v) is 7.77. The molecule has 2 rings (SSSR count). The van der Waals surface area contributed by atoms with E-state index < -0.39 is 6.10 Å². The topological polar surface area (TPSA) is 79.7 Å². The number of hydrogen-bond acceptors (Lipinski definition) is 7. The van der Waals surface area contributed by atoms with Crippen molar-refractivity contribution in [2.24, 2.45) is 0 Å². The summed E-state index contributed by atoms with van der Waals surface area (Å²) in [5.74, 6) is 1.20. The Labute approximate surface area is 131 Å². The fourth-order valence-corrected chi connectivity index (χ4v) is 2.14. The second kappa shape index (κ2) is 8.26. The van der Waals surface area contributed by atoms with E-state index in [0.29, 0.717) is 31.7 Å². The van der Waals surface area contributed by atoms with Gasteiger partial charge in [-0.2, -0.15) is 0 Å². The summed E-state index contributed by atoms with van der Waals surface area (Å²) >= 11 is 0. The number of hydrogen-bond donors (Lipinski definition) is 2. The minimum atomic E-state index is -0.581. The molecular formula is C15H26N4O3. The molecule has 0 radical (unpaired) electrons. The minimum absolute atomic E-state index is 0.189. The standard InChI is InChI=1S/C15H26N4O3/c1-11(2)16-9-13(20)10-22-15-14(18-12(3)8-17-15)19-4-6-21-7-5-19/h8,11,13,16,20H,4-7,9-10H2,1-3H3. The van der Waals surface area contributed by atoms with Gasteiger partial charge in [-0.25, -0.2) is 9.97 Å². The molecule has 7 heteroatoms. The number of aliphatic hydroxyl groups excluding tert-OH is 1. The van der Waals surface area contributed by atoms with E-state index in [4.69, 9.17) is 9.47 Å². The van der Waals surface area contributed by atoms with Gasteiger partial charge in [-0.15, -0.1) is 0 Å². The molecular weight excluding hydrogens is 284 g/mol. The monoisotopic (exact) mass is 310 g/mol. The summed E-state index contributed by atoms with van der Waals surface area (Å²) < 4.78 is 11.1. The Kier molecular flexibility index (Phi) is 6.35. The lowest BCUT2D eigenvalue weighted by Crippen LogP contribution is -2.38. The second-order valence-corrected chi connectivity index (χ2v) is 5.77. The highest BCUT2D eigenvalue weighted by atomic mass is 16.5. The zero-order valence-electron chi connectivity index (χ0n) is 13.6. The second-order valence-electron chi connectivity index (χ2n) is 5.77. The summed E-state index contributed by atoms with van der Waals surface area (Å²) in [5.41, 5.74) is 0.843. The highest BCUT2D eigenvalue weighted by molar-refractivity contribution is 5.48. The van der Waals surface area contributed by atoms with Gasteiger partial charge in [-0.05, 0) is 6.92 Å². The lowest BCUT2D eigenvalue weighted by molar-refractivity contribution is 0.101. The Bertz CT molecular complexity index is 464. The van der Waals surface area contributed by atoms with Gasteiger partial charge in [0.2, 0.25) is 0 Å². The third-order valence-electron chi connectivity index (χ3n) is 3.33. The van der Waals surface area contributed by atoms with Gasteiger partial charge in [0.1, 0.15) is 12.7 Å². The van der Waals surface area contributed by atoms with Crippen LogP contribution in [0.25, 0.3) is 0 Å². The van der Waals surface area contributed by atoms with Gasteiger partial charge in [-0.3, -0.25) is 0 Å². The van der Waals surface area contributed by atoms with Gasteiger partial charge >= 0.3 is 0 Å². The predicted octanol–water partition coefficient (Wildman–Crippen LogP) is 0.359. The quantitative estimate of drug-likeness (QED) is 0.752. The number of ether oxygens (including phenoxy) is 2. The number of aliphatic hydroxyl groups is 1. The molecule has 7 nitrogen and oxygen atoms in total. The number of anilines is 1. The van der Waals surface area contributed by atoms with Crippen LogP contribution in [0.4, 0.5) is 5.82 Å². The van der Waals surface area contributed by atoms with E-state index in [1.165, 1.54) is 0 Å². The van der Waals surface area contributed by atoms with Crippen LogP contribution in [0, 0.1) is 6.92 Å². The van der Waals surface area contributed by atoms with Crippen molar-refractivity contribution < 1.29 is 14.6 Å². The lowest BCUT2D eigenvalue weighted by atomic mass is 10.3. The molecule has 1 aromatic heterocycles. The molecule has 1 atom stereocenters. The summed E-state index contributed by atoms with van der Waals surface area (Å²) in [6, 6.07) is 0.331. The maximum absolute atomic E-state index is 9.95. The molecule has 124 valence electrons. The molecule has 1 unspecified atom stereocenters. The van der Waals surface area contributed by atoms with E-state index >= 15 is 0 Å². The highest BCUT2D eigenvalue weighted by Crippen LogP contribution is 2.24. The van der Waals surface area contributed by atoms with E-state index in [1.54, 1.807) is 6.20 Å². The smallest absolute Gasteiger partial charge is 0.257 e. The lowest BCUT2D eigenvalue weighted by Gasteiger charge is -2.29. The van der Waals surface area contributed by atoms with Crippen LogP contribution >= 0.6 is 0 Å². The van der Waals surface area contributed by atoms with Crippen molar-refractivity contribution in [3.8, 4) is 5.88 Å². The average Bonchev–Trinajstić information content (AvgIpc) is 2.52. The van der Waals surface area contributed by atoms with Crippen molar-refractivity contribution in [2.45, 2.75) is 32.9 Å². The van der Waals surface area contributed by atoms with Crippen LogP contribution in [-0.4, -0.2) is 66.7 Å². The van der Waals surface area contributed by atoms with Crippen LogP contribution in [0.1, 0.15) is 19.5 Å². The molecule has 1 aromatic rings. The molecule has 0 amide bonds. The van der Waals surface area contributed by atoms with Crippen molar-refractivity contribution >= 4 is 5.82 Å². The number of nitrogens with zero attached hydrogens (tertiary/aromatic N) is 3. The zero-order valence-corrected chi connectivity index (χ0v) is 13.6. The normalized spacial score (nSPS) is 16.9. The van der Waals surface area contributed by atoms with Gasteiger partial charge in [0.25, 0.3) is 5.88 Å². The molecule has 2 N–H and O–H groups in total. The maximum atomic E-state index is 9.95. The largest absolute Gasteiger partial charge is 0.472 e. The first kappa shape index (κ1) is 16.9. The molecule has 1 aliphatic rings. The van der Waals surface area contributed by atoms with Crippen LogP contribution in [-0.2, 0) is 4.74 Å². The van der Waals surface area contributed by atoms with Gasteiger partial charge in [0.15, 0.2) is 5.82 Å². The predicted molar refractivity (Wildman–Crippen MR) is 84.4 cm³/mol. The first-order chi connectivity index (χ1) is 10.6. The number of nitrogens with one attached hydrogen (secondary N) is 1. The highest BCUT2D eigenvalue weighted by Gasteiger charge is 2.19. The molecule has 2 heterocycles. The summed E-state index contributed by atoms with van der Waals surface area (Å²) in [4.78, 5) is 11.0. The summed E-state index contributed by atoms with van der Waals surface area (Å²) in [6.45, 7) is 9.55. The van der Waals surface area contributed by atoms with Crippen molar-refractivity contribution in [3.05, 3.63) is 11.9 Å². The Morgan fingerprint density at radius 1 is 1.41 bits per heavy atom. The van der Waals surface area contributed by atoms with Gasteiger partial charge in [-0.1, -0.05) is 13.8 Å². The Morgan fingerprint density at radius 3 is 2.82 bits per heavy atom. The molecule has 1 aliphatic heterocycles. The van der Waals surface area contributed by atoms with Crippen LogP contribution in [0.2, 0.25) is 0 Å². The van der Waals surface area contributed by atoms with E-state index in [9.17, 15) is 5.11 Å². The maximum Gasteiger partial charge on any atom is 0.257 e. The molecule has 0 aromatic carbocycles. The van der Waals surface area contributed by atoms with E-state index in [1.807, 2.05) is 20.8 Å². The van der Waals surface area contributed by atoms with E-state index in [-0.39, 0.29) is 6.61 Å². The number of aromatic nitrogens is 2. The molecule has 1 fully saturated rings. The molecule has 0 spiro atoms. The van der Waals surface area contributed by atoms with Gasteiger partial charge in [0, 0.05) is 25.7 Å². The van der Waals surface area contributed by atoms with Crippen molar-refractivity contribution in [2.75, 3.05) is 44.4 Å². The van der Waals surface area contributed by atoms with Crippen LogP contribution in [0.3, 0.4) is 0 Å². The first-order valence-electron chi connectivity index (χ1n) is 7.77. The molecule has 0 saturated carbocycles. The van der Waals surface area contributed by atoms with Crippen LogP contribution in [0.5, 0.6) is 5.88 Å². The third kappa shape index (κ3) is 5.08. The zero-order chi connectivity index (χ0) is 15.9. The molecule has 22 heavy (non-hydrogen) atoms. The Hall–Kier alpha value is -1.44.